The van der Waals surface area contributed by atoms with Crippen LogP contribution in [-0.4, -0.2) is 43.5 Å². The summed E-state index contributed by atoms with van der Waals surface area (Å²) in [6.45, 7) is 2.12. The summed E-state index contributed by atoms with van der Waals surface area (Å²) < 4.78 is 5.72. The molecule has 0 bridgehead atoms. The van der Waals surface area contributed by atoms with Crippen LogP contribution in [0.2, 0.25) is 0 Å². The van der Waals surface area contributed by atoms with Crippen molar-refractivity contribution in [2.75, 3.05) is 26.3 Å². The van der Waals surface area contributed by atoms with Gasteiger partial charge in [-0.3, -0.25) is 0 Å². The number of carbonyl (C=O) groups excluding carboxylic acids is 1. The van der Waals surface area contributed by atoms with Crippen LogP contribution in [-0.2, 0) is 4.74 Å². The summed E-state index contributed by atoms with van der Waals surface area (Å²) in [5.41, 5.74) is -0.0249. The van der Waals surface area contributed by atoms with Crippen LogP contribution in [0.3, 0.4) is 0 Å². The summed E-state index contributed by atoms with van der Waals surface area (Å²) in [4.78, 5) is 11.5. The molecule has 2 fully saturated rings. The highest BCUT2D eigenvalue weighted by Gasteiger charge is 2.42. The minimum atomic E-state index is -0.138. The van der Waals surface area contributed by atoms with E-state index in [0.29, 0.717) is 19.2 Å². The molecule has 2 rings (SSSR count). The fourth-order valence-electron chi connectivity index (χ4n) is 2.48. The second-order valence-corrected chi connectivity index (χ2v) is 5.90. The maximum atomic E-state index is 11.5. The van der Waals surface area contributed by atoms with E-state index < -0.39 is 0 Å². The lowest BCUT2D eigenvalue weighted by Gasteiger charge is -2.14. The first-order chi connectivity index (χ1) is 9.24. The van der Waals surface area contributed by atoms with Gasteiger partial charge in [0, 0.05) is 25.1 Å². The molecule has 2 aliphatic carbocycles. The van der Waals surface area contributed by atoms with E-state index in [-0.39, 0.29) is 18.1 Å². The van der Waals surface area contributed by atoms with Crippen molar-refractivity contribution >= 4 is 6.03 Å². The molecular formula is C14H26N2O3. The quantitative estimate of drug-likeness (QED) is 0.584. The molecule has 0 spiro atoms. The van der Waals surface area contributed by atoms with E-state index in [1.165, 1.54) is 25.7 Å². The number of amides is 2. The average Bonchev–Trinajstić information content (AvgIpc) is 3.03. The van der Waals surface area contributed by atoms with Crippen molar-refractivity contribution in [2.24, 2.45) is 5.41 Å². The lowest BCUT2D eigenvalue weighted by Crippen LogP contribution is -2.40. The van der Waals surface area contributed by atoms with Gasteiger partial charge in [0.05, 0.1) is 12.7 Å². The van der Waals surface area contributed by atoms with Gasteiger partial charge in [0.2, 0.25) is 0 Å². The van der Waals surface area contributed by atoms with Gasteiger partial charge in [-0.15, -0.1) is 0 Å². The first-order valence-corrected chi connectivity index (χ1v) is 7.48. The maximum absolute atomic E-state index is 11.5. The molecule has 5 heteroatoms. The second kappa shape index (κ2) is 7.10. The molecule has 3 N–H and O–H groups in total. The molecule has 0 atom stereocenters. The van der Waals surface area contributed by atoms with Gasteiger partial charge in [0.1, 0.15) is 0 Å². The number of aliphatic hydroxyl groups excluding tert-OH is 1. The number of rotatable bonds is 8. The molecule has 2 aliphatic rings. The smallest absolute Gasteiger partial charge is 0.314 e. The van der Waals surface area contributed by atoms with Crippen molar-refractivity contribution in [1.29, 1.82) is 0 Å². The fourth-order valence-corrected chi connectivity index (χ4v) is 2.48. The number of hydrogen-bond donors (Lipinski definition) is 3. The van der Waals surface area contributed by atoms with Gasteiger partial charge in [-0.25, -0.2) is 4.79 Å². The van der Waals surface area contributed by atoms with E-state index >= 15 is 0 Å². The minimum absolute atomic E-state index is 0.0249. The number of nitrogens with one attached hydrogen (secondary N) is 2. The Kier molecular flexibility index (Phi) is 5.45. The lowest BCUT2D eigenvalue weighted by molar-refractivity contribution is 0.0572. The van der Waals surface area contributed by atoms with Gasteiger partial charge in [-0.05, 0) is 32.1 Å². The van der Waals surface area contributed by atoms with Crippen LogP contribution in [0.5, 0.6) is 0 Å². The molecule has 0 aromatic carbocycles. The Hall–Kier alpha value is -0.810. The van der Waals surface area contributed by atoms with Crippen LogP contribution in [0.15, 0.2) is 0 Å². The minimum Gasteiger partial charge on any atom is -0.396 e. The molecule has 110 valence electrons. The number of carbonyl (C=O) groups is 1. The van der Waals surface area contributed by atoms with Crippen LogP contribution in [0.4, 0.5) is 4.79 Å². The lowest BCUT2D eigenvalue weighted by atomic mass is 10.1. The molecule has 2 amide bonds. The van der Waals surface area contributed by atoms with Crippen molar-refractivity contribution in [3.05, 3.63) is 0 Å². The number of aliphatic hydroxyl groups is 1. The van der Waals surface area contributed by atoms with E-state index in [1.54, 1.807) is 0 Å². The topological polar surface area (TPSA) is 70.6 Å². The molecule has 5 nitrogen and oxygen atoms in total. The zero-order chi connectivity index (χ0) is 13.6. The summed E-state index contributed by atoms with van der Waals surface area (Å²) >= 11 is 0. The van der Waals surface area contributed by atoms with E-state index in [2.05, 4.69) is 10.6 Å². The predicted molar refractivity (Wildman–Crippen MR) is 73.0 cm³/mol. The largest absolute Gasteiger partial charge is 0.396 e. The summed E-state index contributed by atoms with van der Waals surface area (Å²) in [7, 11) is 0. The van der Waals surface area contributed by atoms with Gasteiger partial charge < -0.3 is 20.5 Å². The Morgan fingerprint density at radius 3 is 2.63 bits per heavy atom. The third kappa shape index (κ3) is 4.99. The van der Waals surface area contributed by atoms with Gasteiger partial charge in [-0.1, -0.05) is 12.8 Å². The SMILES string of the molecule is O=C(NCCCOC1CCCC1)NCC1(CO)CC1. The maximum Gasteiger partial charge on any atom is 0.314 e. The Labute approximate surface area is 115 Å². The van der Waals surface area contributed by atoms with Crippen molar-refractivity contribution in [2.45, 2.75) is 51.0 Å². The molecule has 0 unspecified atom stereocenters. The fraction of sp³-hybridized carbons (Fsp3) is 0.929. The first-order valence-electron chi connectivity index (χ1n) is 7.48. The zero-order valence-corrected chi connectivity index (χ0v) is 11.6. The number of urea groups is 1. The van der Waals surface area contributed by atoms with E-state index in [4.69, 9.17) is 9.84 Å². The van der Waals surface area contributed by atoms with Gasteiger partial charge in [0.25, 0.3) is 0 Å². The predicted octanol–water partition coefficient (Wildman–Crippen LogP) is 1.41. The number of hydrogen-bond acceptors (Lipinski definition) is 3. The molecule has 0 saturated heterocycles. The Bertz CT molecular complexity index is 286. The van der Waals surface area contributed by atoms with Gasteiger partial charge >= 0.3 is 6.03 Å². The Balaban J connectivity index is 1.43. The second-order valence-electron chi connectivity index (χ2n) is 5.90. The van der Waals surface area contributed by atoms with Crippen LogP contribution < -0.4 is 10.6 Å². The average molecular weight is 270 g/mol. The van der Waals surface area contributed by atoms with E-state index in [9.17, 15) is 4.79 Å². The highest BCUT2D eigenvalue weighted by atomic mass is 16.5. The van der Waals surface area contributed by atoms with Gasteiger partial charge in [-0.2, -0.15) is 0 Å². The van der Waals surface area contributed by atoms with Gasteiger partial charge in [0.15, 0.2) is 0 Å². The first kappa shape index (κ1) is 14.6. The normalized spacial score (nSPS) is 21.3. The van der Waals surface area contributed by atoms with E-state index in [0.717, 1.165) is 25.9 Å². The third-order valence-corrected chi connectivity index (χ3v) is 4.18. The molecular weight excluding hydrogens is 244 g/mol. The molecule has 2 saturated carbocycles. The van der Waals surface area contributed by atoms with Crippen LogP contribution >= 0.6 is 0 Å². The summed E-state index contributed by atoms with van der Waals surface area (Å²) in [5.74, 6) is 0. The van der Waals surface area contributed by atoms with Crippen LogP contribution in [0, 0.1) is 5.41 Å². The summed E-state index contributed by atoms with van der Waals surface area (Å²) in [6, 6.07) is -0.138. The van der Waals surface area contributed by atoms with Crippen molar-refractivity contribution in [3.8, 4) is 0 Å². The monoisotopic (exact) mass is 270 g/mol. The summed E-state index contributed by atoms with van der Waals surface area (Å²) in [5, 5.41) is 14.8. The third-order valence-electron chi connectivity index (χ3n) is 4.18. The Morgan fingerprint density at radius 1 is 1.26 bits per heavy atom. The Morgan fingerprint density at radius 2 is 2.00 bits per heavy atom. The molecule has 0 heterocycles. The van der Waals surface area contributed by atoms with Crippen molar-refractivity contribution in [1.82, 2.24) is 10.6 Å². The molecule has 0 aromatic heterocycles. The van der Waals surface area contributed by atoms with Crippen LogP contribution in [0.1, 0.15) is 44.9 Å². The van der Waals surface area contributed by atoms with Crippen LogP contribution in [0.25, 0.3) is 0 Å². The highest BCUT2D eigenvalue weighted by Crippen LogP contribution is 2.44. The standard InChI is InChI=1S/C14H26N2O3/c17-11-14(6-7-14)10-16-13(18)15-8-3-9-19-12-4-1-2-5-12/h12,17H,1-11H2,(H2,15,16,18). The zero-order valence-electron chi connectivity index (χ0n) is 11.6. The molecule has 0 radical (unpaired) electrons. The van der Waals surface area contributed by atoms with E-state index in [1.807, 2.05) is 0 Å². The number of ether oxygens (including phenoxy) is 1. The molecule has 19 heavy (non-hydrogen) atoms. The highest BCUT2D eigenvalue weighted by molar-refractivity contribution is 5.73. The summed E-state index contributed by atoms with van der Waals surface area (Å²) in [6.07, 6.45) is 8.30. The van der Waals surface area contributed by atoms with Crippen molar-refractivity contribution in [3.63, 3.8) is 0 Å². The molecule has 0 aromatic rings. The molecule has 0 aliphatic heterocycles. The van der Waals surface area contributed by atoms with Crippen molar-refractivity contribution < 1.29 is 14.6 Å².